The summed E-state index contributed by atoms with van der Waals surface area (Å²) in [5, 5.41) is 0. The van der Waals surface area contributed by atoms with Crippen LogP contribution in [0.25, 0.3) is 0 Å². The van der Waals surface area contributed by atoms with Crippen LogP contribution in [-0.2, 0) is 19.0 Å². The maximum absolute atomic E-state index is 11.7. The summed E-state index contributed by atoms with van der Waals surface area (Å²) in [4.78, 5) is 0. The molecule has 9 heteroatoms. The highest BCUT2D eigenvalue weighted by molar-refractivity contribution is 7.86. The van der Waals surface area contributed by atoms with E-state index in [1.165, 1.54) is 0 Å². The molecule has 0 radical (unpaired) electrons. The quantitative estimate of drug-likeness (QED) is 0.679. The Labute approximate surface area is 170 Å². The standard InChI is InChI=1S/C20H24O8S/c1-29(21,22)28-16-14-26-19-8-4-2-6-17(19)24-12-10-23-11-13-25-18-7-3-5-9-20(18)27-15-16/h2-9,16H,10-15H2,1H3. The second kappa shape index (κ2) is 10.3. The van der Waals surface area contributed by atoms with Gasteiger partial charge in [-0.2, -0.15) is 8.42 Å². The van der Waals surface area contributed by atoms with Gasteiger partial charge in [0.1, 0.15) is 32.5 Å². The van der Waals surface area contributed by atoms with E-state index in [1.807, 2.05) is 12.1 Å². The lowest BCUT2D eigenvalue weighted by Crippen LogP contribution is -2.31. The van der Waals surface area contributed by atoms with E-state index < -0.39 is 16.2 Å². The number of hydrogen-bond acceptors (Lipinski definition) is 8. The van der Waals surface area contributed by atoms with Gasteiger partial charge in [0.25, 0.3) is 10.1 Å². The molecular formula is C20H24O8S. The fourth-order valence-electron chi connectivity index (χ4n) is 2.62. The van der Waals surface area contributed by atoms with E-state index in [1.54, 1.807) is 36.4 Å². The molecule has 0 aromatic heterocycles. The summed E-state index contributed by atoms with van der Waals surface area (Å²) in [6.07, 6.45) is 0.127. The highest BCUT2D eigenvalue weighted by atomic mass is 32.2. The SMILES string of the molecule is CS(=O)(=O)OC1COc2ccccc2OCCOCCOc2ccccc2OC1. The fraction of sp³-hybridized carbons (Fsp3) is 0.400. The van der Waals surface area contributed by atoms with Gasteiger partial charge in [0.05, 0.1) is 19.5 Å². The molecule has 1 heterocycles. The van der Waals surface area contributed by atoms with Crippen molar-refractivity contribution < 1.29 is 36.3 Å². The Morgan fingerprint density at radius 1 is 0.724 bits per heavy atom. The average Bonchev–Trinajstić information content (AvgIpc) is 2.69. The first kappa shape index (κ1) is 21.2. The molecular weight excluding hydrogens is 400 g/mol. The van der Waals surface area contributed by atoms with Gasteiger partial charge in [-0.25, -0.2) is 0 Å². The fourth-order valence-corrected chi connectivity index (χ4v) is 3.22. The smallest absolute Gasteiger partial charge is 0.264 e. The number of rotatable bonds is 2. The molecule has 0 N–H and O–H groups in total. The summed E-state index contributed by atoms with van der Waals surface area (Å²) in [7, 11) is -3.71. The molecule has 0 spiro atoms. The summed E-state index contributed by atoms with van der Waals surface area (Å²) in [6.45, 7) is 1.35. The largest absolute Gasteiger partial charge is 0.487 e. The summed E-state index contributed by atoms with van der Waals surface area (Å²) in [5.74, 6) is 2.02. The van der Waals surface area contributed by atoms with E-state index in [9.17, 15) is 8.42 Å². The van der Waals surface area contributed by atoms with Gasteiger partial charge >= 0.3 is 0 Å². The predicted molar refractivity (Wildman–Crippen MR) is 105 cm³/mol. The molecule has 0 saturated carbocycles. The third kappa shape index (κ3) is 7.12. The van der Waals surface area contributed by atoms with Crippen molar-refractivity contribution in [3.63, 3.8) is 0 Å². The van der Waals surface area contributed by atoms with Crippen molar-refractivity contribution in [3.05, 3.63) is 48.5 Å². The third-order valence-corrected chi connectivity index (χ3v) is 4.45. The summed E-state index contributed by atoms with van der Waals surface area (Å²) in [6, 6.07) is 14.2. The van der Waals surface area contributed by atoms with Crippen molar-refractivity contribution in [3.8, 4) is 23.0 Å². The van der Waals surface area contributed by atoms with Crippen LogP contribution in [0.15, 0.2) is 48.5 Å². The van der Waals surface area contributed by atoms with E-state index in [0.29, 0.717) is 49.4 Å². The van der Waals surface area contributed by atoms with E-state index in [4.69, 9.17) is 27.9 Å². The predicted octanol–water partition coefficient (Wildman–Crippen LogP) is 2.28. The highest BCUT2D eigenvalue weighted by Crippen LogP contribution is 2.28. The number of para-hydroxylation sites is 4. The van der Waals surface area contributed by atoms with E-state index in [0.717, 1.165) is 6.26 Å². The number of ether oxygens (including phenoxy) is 5. The maximum Gasteiger partial charge on any atom is 0.264 e. The second-order valence-electron chi connectivity index (χ2n) is 6.25. The van der Waals surface area contributed by atoms with Gasteiger partial charge in [0.15, 0.2) is 23.0 Å². The van der Waals surface area contributed by atoms with Crippen LogP contribution in [0.4, 0.5) is 0 Å². The minimum absolute atomic E-state index is 0.0486. The molecule has 1 aliphatic rings. The highest BCUT2D eigenvalue weighted by Gasteiger charge is 2.20. The lowest BCUT2D eigenvalue weighted by molar-refractivity contribution is 0.0650. The van der Waals surface area contributed by atoms with Crippen molar-refractivity contribution in [2.75, 3.05) is 45.9 Å². The third-order valence-electron chi connectivity index (χ3n) is 3.83. The molecule has 8 nitrogen and oxygen atoms in total. The average molecular weight is 424 g/mol. The monoisotopic (exact) mass is 424 g/mol. The molecule has 0 saturated heterocycles. The minimum Gasteiger partial charge on any atom is -0.487 e. The van der Waals surface area contributed by atoms with Gasteiger partial charge in [0.2, 0.25) is 0 Å². The van der Waals surface area contributed by atoms with Gasteiger partial charge < -0.3 is 23.7 Å². The van der Waals surface area contributed by atoms with Crippen LogP contribution in [0.5, 0.6) is 23.0 Å². The number of hydrogen-bond donors (Lipinski definition) is 0. The number of fused-ring (bicyclic) bond motifs is 2. The first-order valence-corrected chi connectivity index (χ1v) is 11.0. The number of benzene rings is 2. The van der Waals surface area contributed by atoms with Crippen molar-refractivity contribution in [2.24, 2.45) is 0 Å². The molecule has 0 atom stereocenters. The summed E-state index contributed by atoms with van der Waals surface area (Å²) in [5.41, 5.74) is 0. The zero-order valence-electron chi connectivity index (χ0n) is 16.1. The van der Waals surface area contributed by atoms with E-state index >= 15 is 0 Å². The second-order valence-corrected chi connectivity index (χ2v) is 7.85. The van der Waals surface area contributed by atoms with E-state index in [-0.39, 0.29) is 13.2 Å². The molecule has 0 aliphatic carbocycles. The Balaban J connectivity index is 1.79. The summed E-state index contributed by atoms with van der Waals surface area (Å²) < 4.78 is 56.9. The normalized spacial score (nSPS) is 16.9. The zero-order chi connectivity index (χ0) is 20.5. The molecule has 0 bridgehead atoms. The van der Waals surface area contributed by atoms with Crippen LogP contribution in [-0.4, -0.2) is 60.4 Å². The molecule has 0 amide bonds. The van der Waals surface area contributed by atoms with Crippen molar-refractivity contribution in [1.82, 2.24) is 0 Å². The molecule has 29 heavy (non-hydrogen) atoms. The van der Waals surface area contributed by atoms with Gasteiger partial charge in [-0.1, -0.05) is 24.3 Å². The van der Waals surface area contributed by atoms with Crippen LogP contribution in [0.2, 0.25) is 0 Å². The molecule has 0 fully saturated rings. The summed E-state index contributed by atoms with van der Waals surface area (Å²) >= 11 is 0. The van der Waals surface area contributed by atoms with Crippen LogP contribution in [0, 0.1) is 0 Å². The van der Waals surface area contributed by atoms with Gasteiger partial charge in [0, 0.05) is 0 Å². The molecule has 1 aliphatic heterocycles. The molecule has 0 unspecified atom stereocenters. The Morgan fingerprint density at radius 2 is 1.14 bits per heavy atom. The van der Waals surface area contributed by atoms with Crippen LogP contribution in [0.3, 0.4) is 0 Å². The maximum atomic E-state index is 11.7. The zero-order valence-corrected chi connectivity index (χ0v) is 16.9. The topological polar surface area (TPSA) is 89.5 Å². The molecule has 2 aromatic carbocycles. The Kier molecular flexibility index (Phi) is 7.56. The minimum atomic E-state index is -3.71. The van der Waals surface area contributed by atoms with Crippen molar-refractivity contribution >= 4 is 10.1 Å². The molecule has 3 rings (SSSR count). The van der Waals surface area contributed by atoms with Gasteiger partial charge in [-0.05, 0) is 24.3 Å². The van der Waals surface area contributed by atoms with Crippen LogP contribution in [0.1, 0.15) is 0 Å². The lowest BCUT2D eigenvalue weighted by Gasteiger charge is -2.20. The first-order valence-electron chi connectivity index (χ1n) is 9.16. The first-order chi connectivity index (χ1) is 14.0. The van der Waals surface area contributed by atoms with Crippen molar-refractivity contribution in [2.45, 2.75) is 6.10 Å². The Morgan fingerprint density at radius 3 is 1.55 bits per heavy atom. The van der Waals surface area contributed by atoms with Crippen LogP contribution < -0.4 is 18.9 Å². The van der Waals surface area contributed by atoms with Crippen LogP contribution >= 0.6 is 0 Å². The Hall–Kier alpha value is -2.49. The molecule has 158 valence electrons. The van der Waals surface area contributed by atoms with Crippen molar-refractivity contribution in [1.29, 1.82) is 0 Å². The van der Waals surface area contributed by atoms with Gasteiger partial charge in [-0.15, -0.1) is 0 Å². The van der Waals surface area contributed by atoms with Gasteiger partial charge in [-0.3, -0.25) is 4.18 Å². The van der Waals surface area contributed by atoms with E-state index in [2.05, 4.69) is 0 Å². The Bertz CT molecular complexity index is 828. The molecule has 2 aromatic rings. The lowest BCUT2D eigenvalue weighted by atomic mass is 10.3.